The Morgan fingerprint density at radius 2 is 2.05 bits per heavy atom. The Bertz CT molecular complexity index is 299. The van der Waals surface area contributed by atoms with Crippen LogP contribution < -0.4 is 5.73 Å². The third kappa shape index (κ3) is 3.13. The zero-order valence-electron chi connectivity index (χ0n) is 12.3. The first-order valence-electron chi connectivity index (χ1n) is 8.08. The molecule has 0 amide bonds. The number of nitrogens with two attached hydrogens (primary N) is 1. The quantitative estimate of drug-likeness (QED) is 0.820. The molecule has 19 heavy (non-hydrogen) atoms. The highest BCUT2D eigenvalue weighted by Crippen LogP contribution is 2.35. The van der Waals surface area contributed by atoms with Crippen molar-refractivity contribution >= 4 is 0 Å². The van der Waals surface area contributed by atoms with Gasteiger partial charge in [0.15, 0.2) is 0 Å². The van der Waals surface area contributed by atoms with Crippen molar-refractivity contribution in [1.82, 2.24) is 9.80 Å². The zero-order valence-corrected chi connectivity index (χ0v) is 12.3. The van der Waals surface area contributed by atoms with Crippen molar-refractivity contribution in [3.8, 4) is 0 Å². The standard InChI is InChI=1S/C15H29N3O/c1-2-17-6-7-19-13(9-17)10-18-8-12-4-3-5-15(16)14(12)11-18/h12-15H,2-11,16H2,1H3. The van der Waals surface area contributed by atoms with Gasteiger partial charge in [-0.25, -0.2) is 0 Å². The maximum absolute atomic E-state index is 6.29. The van der Waals surface area contributed by atoms with Crippen molar-refractivity contribution in [2.24, 2.45) is 17.6 Å². The van der Waals surface area contributed by atoms with Gasteiger partial charge in [0.1, 0.15) is 0 Å². The van der Waals surface area contributed by atoms with Gasteiger partial charge >= 0.3 is 0 Å². The number of likely N-dealkylation sites (tertiary alicyclic amines) is 1. The van der Waals surface area contributed by atoms with Gasteiger partial charge in [0.2, 0.25) is 0 Å². The van der Waals surface area contributed by atoms with E-state index in [1.165, 1.54) is 32.4 Å². The van der Waals surface area contributed by atoms with Gasteiger partial charge in [-0.05, 0) is 31.2 Å². The Morgan fingerprint density at radius 3 is 2.84 bits per heavy atom. The van der Waals surface area contributed by atoms with Crippen molar-refractivity contribution in [3.63, 3.8) is 0 Å². The molecule has 0 spiro atoms. The first-order valence-corrected chi connectivity index (χ1v) is 8.08. The molecule has 1 saturated carbocycles. The zero-order chi connectivity index (χ0) is 13.2. The topological polar surface area (TPSA) is 41.7 Å². The summed E-state index contributed by atoms with van der Waals surface area (Å²) in [6, 6.07) is 0.447. The second-order valence-electron chi connectivity index (χ2n) is 6.62. The third-order valence-electron chi connectivity index (χ3n) is 5.36. The summed E-state index contributed by atoms with van der Waals surface area (Å²) in [6.45, 7) is 10.1. The molecule has 110 valence electrons. The molecule has 3 aliphatic rings. The van der Waals surface area contributed by atoms with E-state index in [-0.39, 0.29) is 0 Å². The normalized spacial score (nSPS) is 41.4. The number of hydrogen-bond acceptors (Lipinski definition) is 4. The first kappa shape index (κ1) is 13.8. The van der Waals surface area contributed by atoms with E-state index in [2.05, 4.69) is 16.7 Å². The highest BCUT2D eigenvalue weighted by molar-refractivity contribution is 4.94. The molecular weight excluding hydrogens is 238 g/mol. The molecule has 4 unspecified atom stereocenters. The summed E-state index contributed by atoms with van der Waals surface area (Å²) < 4.78 is 5.94. The van der Waals surface area contributed by atoms with E-state index in [9.17, 15) is 0 Å². The van der Waals surface area contributed by atoms with Crippen LogP contribution in [0, 0.1) is 11.8 Å². The lowest BCUT2D eigenvalue weighted by molar-refractivity contribution is -0.0398. The van der Waals surface area contributed by atoms with E-state index in [4.69, 9.17) is 10.5 Å². The van der Waals surface area contributed by atoms with Crippen LogP contribution >= 0.6 is 0 Å². The van der Waals surface area contributed by atoms with Gasteiger partial charge < -0.3 is 15.4 Å². The van der Waals surface area contributed by atoms with E-state index in [0.717, 1.165) is 44.6 Å². The summed E-state index contributed by atoms with van der Waals surface area (Å²) >= 11 is 0. The molecule has 0 aromatic heterocycles. The lowest BCUT2D eigenvalue weighted by Crippen LogP contribution is -2.47. The Hall–Kier alpha value is -0.160. The van der Waals surface area contributed by atoms with Crippen LogP contribution in [0.15, 0.2) is 0 Å². The summed E-state index contributed by atoms with van der Waals surface area (Å²) in [6.07, 6.45) is 4.37. The smallest absolute Gasteiger partial charge is 0.0829 e. The fourth-order valence-corrected chi connectivity index (χ4v) is 4.22. The number of morpholine rings is 1. The van der Waals surface area contributed by atoms with Crippen molar-refractivity contribution in [1.29, 1.82) is 0 Å². The van der Waals surface area contributed by atoms with Crippen molar-refractivity contribution in [3.05, 3.63) is 0 Å². The van der Waals surface area contributed by atoms with Gasteiger partial charge in [-0.15, -0.1) is 0 Å². The van der Waals surface area contributed by atoms with Crippen molar-refractivity contribution in [2.75, 3.05) is 45.9 Å². The molecular formula is C15H29N3O. The average molecular weight is 267 g/mol. The number of ether oxygens (including phenoxy) is 1. The van der Waals surface area contributed by atoms with Gasteiger partial charge in [-0.3, -0.25) is 4.90 Å². The van der Waals surface area contributed by atoms with Gasteiger partial charge in [0.05, 0.1) is 12.7 Å². The molecule has 4 heteroatoms. The minimum Gasteiger partial charge on any atom is -0.374 e. The molecule has 0 bridgehead atoms. The molecule has 0 aromatic carbocycles. The van der Waals surface area contributed by atoms with Crippen LogP contribution in [-0.4, -0.2) is 67.8 Å². The van der Waals surface area contributed by atoms with E-state index < -0.39 is 0 Å². The first-order chi connectivity index (χ1) is 9.26. The number of likely N-dealkylation sites (N-methyl/N-ethyl adjacent to an activating group) is 1. The summed E-state index contributed by atoms with van der Waals surface area (Å²) in [5, 5.41) is 0. The third-order valence-corrected chi connectivity index (χ3v) is 5.36. The number of rotatable bonds is 3. The van der Waals surface area contributed by atoms with E-state index in [0.29, 0.717) is 12.1 Å². The van der Waals surface area contributed by atoms with Crippen LogP contribution in [-0.2, 0) is 4.74 Å². The maximum Gasteiger partial charge on any atom is 0.0829 e. The molecule has 0 aromatic rings. The minimum atomic E-state index is 0.407. The van der Waals surface area contributed by atoms with E-state index >= 15 is 0 Å². The highest BCUT2D eigenvalue weighted by atomic mass is 16.5. The lowest BCUT2D eigenvalue weighted by atomic mass is 9.78. The molecule has 4 nitrogen and oxygen atoms in total. The predicted molar refractivity (Wildman–Crippen MR) is 77.1 cm³/mol. The highest BCUT2D eigenvalue weighted by Gasteiger charge is 2.39. The lowest BCUT2D eigenvalue weighted by Gasteiger charge is -2.34. The van der Waals surface area contributed by atoms with E-state index in [1.54, 1.807) is 0 Å². The van der Waals surface area contributed by atoms with Gasteiger partial charge in [0.25, 0.3) is 0 Å². The fourth-order valence-electron chi connectivity index (χ4n) is 4.22. The Kier molecular flexibility index (Phi) is 4.42. The van der Waals surface area contributed by atoms with E-state index in [1.807, 2.05) is 0 Å². The number of fused-ring (bicyclic) bond motifs is 1. The van der Waals surface area contributed by atoms with Gasteiger partial charge in [0, 0.05) is 38.8 Å². The SMILES string of the molecule is CCN1CCOC(CN2CC3CCCC(N)C3C2)C1. The molecule has 3 fully saturated rings. The largest absolute Gasteiger partial charge is 0.374 e. The molecule has 2 aliphatic heterocycles. The molecule has 0 radical (unpaired) electrons. The van der Waals surface area contributed by atoms with Crippen LogP contribution in [0.25, 0.3) is 0 Å². The number of hydrogen-bond donors (Lipinski definition) is 1. The second-order valence-corrected chi connectivity index (χ2v) is 6.62. The number of nitrogens with zero attached hydrogens (tertiary/aromatic N) is 2. The van der Waals surface area contributed by atoms with Crippen molar-refractivity contribution < 1.29 is 4.74 Å². The second kappa shape index (κ2) is 6.08. The fraction of sp³-hybridized carbons (Fsp3) is 1.00. The summed E-state index contributed by atoms with van der Waals surface area (Å²) in [7, 11) is 0. The minimum absolute atomic E-state index is 0.407. The Morgan fingerprint density at radius 1 is 1.16 bits per heavy atom. The molecule has 4 atom stereocenters. The Labute approximate surface area is 117 Å². The predicted octanol–water partition coefficient (Wildman–Crippen LogP) is 0.766. The molecule has 3 rings (SSSR count). The molecule has 2 heterocycles. The van der Waals surface area contributed by atoms with Crippen molar-refractivity contribution in [2.45, 2.75) is 38.3 Å². The summed E-state index contributed by atoms with van der Waals surface area (Å²) in [4.78, 5) is 5.12. The van der Waals surface area contributed by atoms with Crippen LogP contribution in [0.4, 0.5) is 0 Å². The van der Waals surface area contributed by atoms with Gasteiger partial charge in [-0.2, -0.15) is 0 Å². The summed E-state index contributed by atoms with van der Waals surface area (Å²) in [5.74, 6) is 1.61. The molecule has 1 aliphatic carbocycles. The monoisotopic (exact) mass is 267 g/mol. The summed E-state index contributed by atoms with van der Waals surface area (Å²) in [5.41, 5.74) is 6.29. The van der Waals surface area contributed by atoms with Crippen LogP contribution in [0.3, 0.4) is 0 Å². The average Bonchev–Trinajstić information content (AvgIpc) is 2.83. The Balaban J connectivity index is 1.51. The molecule has 2 N–H and O–H groups in total. The van der Waals surface area contributed by atoms with Gasteiger partial charge in [-0.1, -0.05) is 13.3 Å². The van der Waals surface area contributed by atoms with Crippen LogP contribution in [0.2, 0.25) is 0 Å². The van der Waals surface area contributed by atoms with Crippen LogP contribution in [0.1, 0.15) is 26.2 Å². The van der Waals surface area contributed by atoms with Crippen LogP contribution in [0.5, 0.6) is 0 Å². The molecule has 2 saturated heterocycles. The maximum atomic E-state index is 6.29.